The first-order valence-corrected chi connectivity index (χ1v) is 8.04. The minimum Gasteiger partial charge on any atom is -0.350 e. The van der Waals surface area contributed by atoms with Gasteiger partial charge in [-0.3, -0.25) is 9.59 Å². The normalized spacial score (nSPS) is 11.3. The maximum atomic E-state index is 12.8. The van der Waals surface area contributed by atoms with Crippen molar-refractivity contribution < 1.29 is 22.8 Å². The Balaban J connectivity index is 2.24. The first kappa shape index (κ1) is 19.8. The molecule has 0 aliphatic carbocycles. The van der Waals surface area contributed by atoms with Crippen molar-refractivity contribution in [1.82, 2.24) is 5.32 Å². The lowest BCUT2D eigenvalue weighted by Crippen LogP contribution is -2.30. The molecule has 0 radical (unpaired) electrons. The van der Waals surface area contributed by atoms with E-state index < -0.39 is 17.6 Å². The number of hydrogen-bond acceptors (Lipinski definition) is 2. The van der Waals surface area contributed by atoms with Crippen molar-refractivity contribution in [2.75, 3.05) is 5.32 Å². The topological polar surface area (TPSA) is 58.2 Å². The molecule has 0 bridgehead atoms. The van der Waals surface area contributed by atoms with Gasteiger partial charge in [0, 0.05) is 17.2 Å². The smallest absolute Gasteiger partial charge is 0.350 e. The predicted molar refractivity (Wildman–Crippen MR) is 93.5 cm³/mol. The summed E-state index contributed by atoms with van der Waals surface area (Å²) in [5, 5.41) is 5.01. The molecule has 8 heteroatoms. The van der Waals surface area contributed by atoms with Gasteiger partial charge in [0.05, 0.1) is 16.3 Å². The summed E-state index contributed by atoms with van der Waals surface area (Å²) in [6.07, 6.45) is -4.56. The van der Waals surface area contributed by atoms with Crippen molar-refractivity contribution in [3.8, 4) is 0 Å². The largest absolute Gasteiger partial charge is 0.416 e. The monoisotopic (exact) mass is 384 g/mol. The molecule has 0 aliphatic heterocycles. The molecule has 0 saturated carbocycles. The van der Waals surface area contributed by atoms with E-state index in [1.807, 2.05) is 0 Å². The van der Waals surface area contributed by atoms with E-state index >= 15 is 0 Å². The Hall–Kier alpha value is -2.54. The van der Waals surface area contributed by atoms with Crippen LogP contribution in [0, 0.1) is 0 Å². The van der Waals surface area contributed by atoms with Crippen molar-refractivity contribution in [1.29, 1.82) is 0 Å². The van der Waals surface area contributed by atoms with Crippen LogP contribution in [-0.2, 0) is 6.18 Å². The maximum absolute atomic E-state index is 12.8. The molecule has 0 unspecified atom stereocenters. The van der Waals surface area contributed by atoms with Crippen LogP contribution in [0.5, 0.6) is 0 Å². The SMILES string of the molecule is CC(C)NC(=O)c1cccc(C(=O)Nc2cc(C(F)(F)F)ccc2Cl)c1. The lowest BCUT2D eigenvalue weighted by molar-refractivity contribution is -0.137. The van der Waals surface area contributed by atoms with Crippen LogP contribution in [-0.4, -0.2) is 17.9 Å². The van der Waals surface area contributed by atoms with Gasteiger partial charge in [0.25, 0.3) is 11.8 Å². The molecule has 26 heavy (non-hydrogen) atoms. The molecule has 0 heterocycles. The molecule has 2 amide bonds. The summed E-state index contributed by atoms with van der Waals surface area (Å²) < 4.78 is 38.4. The van der Waals surface area contributed by atoms with Gasteiger partial charge in [-0.1, -0.05) is 17.7 Å². The number of alkyl halides is 3. The quantitative estimate of drug-likeness (QED) is 0.799. The van der Waals surface area contributed by atoms with Crippen molar-refractivity contribution in [3.05, 3.63) is 64.2 Å². The molecule has 2 aromatic rings. The lowest BCUT2D eigenvalue weighted by atomic mass is 10.1. The van der Waals surface area contributed by atoms with Gasteiger partial charge in [-0.2, -0.15) is 13.2 Å². The number of halogens is 4. The Morgan fingerprint density at radius 3 is 2.19 bits per heavy atom. The fraction of sp³-hybridized carbons (Fsp3) is 0.222. The molecular weight excluding hydrogens is 369 g/mol. The van der Waals surface area contributed by atoms with Gasteiger partial charge in [0.15, 0.2) is 0 Å². The van der Waals surface area contributed by atoms with Gasteiger partial charge in [-0.25, -0.2) is 0 Å². The summed E-state index contributed by atoms with van der Waals surface area (Å²) in [4.78, 5) is 24.4. The highest BCUT2D eigenvalue weighted by Gasteiger charge is 2.31. The number of anilines is 1. The van der Waals surface area contributed by atoms with E-state index in [1.165, 1.54) is 24.3 Å². The fourth-order valence-corrected chi connectivity index (χ4v) is 2.30. The van der Waals surface area contributed by atoms with Crippen molar-refractivity contribution in [2.24, 2.45) is 0 Å². The summed E-state index contributed by atoms with van der Waals surface area (Å²) in [5.74, 6) is -1.03. The molecule has 0 saturated heterocycles. The second-order valence-electron chi connectivity index (χ2n) is 5.86. The zero-order chi connectivity index (χ0) is 19.5. The molecule has 0 spiro atoms. The van der Waals surface area contributed by atoms with Crippen LogP contribution in [0.15, 0.2) is 42.5 Å². The van der Waals surface area contributed by atoms with Gasteiger partial charge >= 0.3 is 6.18 Å². The van der Waals surface area contributed by atoms with Crippen LogP contribution in [0.4, 0.5) is 18.9 Å². The molecular formula is C18H16ClF3N2O2. The number of amides is 2. The molecule has 138 valence electrons. The number of carbonyl (C=O) groups excluding carboxylic acids is 2. The van der Waals surface area contributed by atoms with E-state index in [-0.39, 0.29) is 33.8 Å². The Bertz CT molecular complexity index is 835. The van der Waals surface area contributed by atoms with E-state index in [2.05, 4.69) is 10.6 Å². The average Bonchev–Trinajstić information content (AvgIpc) is 2.55. The molecule has 0 aliphatic rings. The fourth-order valence-electron chi connectivity index (χ4n) is 2.14. The number of carbonyl (C=O) groups is 2. The van der Waals surface area contributed by atoms with Crippen molar-refractivity contribution >= 4 is 29.1 Å². The van der Waals surface area contributed by atoms with Crippen LogP contribution < -0.4 is 10.6 Å². The summed E-state index contributed by atoms with van der Waals surface area (Å²) in [6, 6.07) is 8.42. The molecule has 2 rings (SSSR count). The second kappa shape index (κ2) is 7.78. The predicted octanol–water partition coefficient (Wildman–Crippen LogP) is 4.75. The standard InChI is InChI=1S/C18H16ClF3N2O2/c1-10(2)23-16(25)11-4-3-5-12(8-11)17(26)24-15-9-13(18(20,21)22)6-7-14(15)19/h3-10H,1-2H3,(H,23,25)(H,24,26). The Labute approximate surface area is 153 Å². The summed E-state index contributed by atoms with van der Waals surface area (Å²) in [7, 11) is 0. The number of hydrogen-bond donors (Lipinski definition) is 2. The highest BCUT2D eigenvalue weighted by Crippen LogP contribution is 2.34. The van der Waals surface area contributed by atoms with Crippen LogP contribution >= 0.6 is 11.6 Å². The van der Waals surface area contributed by atoms with E-state index in [4.69, 9.17) is 11.6 Å². The molecule has 2 N–H and O–H groups in total. The molecule has 0 fully saturated rings. The third-order valence-electron chi connectivity index (χ3n) is 3.35. The van der Waals surface area contributed by atoms with Gasteiger partial charge in [0.1, 0.15) is 0 Å². The number of benzene rings is 2. The highest BCUT2D eigenvalue weighted by atomic mass is 35.5. The minimum atomic E-state index is -4.56. The van der Waals surface area contributed by atoms with E-state index in [9.17, 15) is 22.8 Å². The third-order valence-corrected chi connectivity index (χ3v) is 3.68. The Morgan fingerprint density at radius 2 is 1.62 bits per heavy atom. The third kappa shape index (κ3) is 4.98. The Morgan fingerprint density at radius 1 is 1.00 bits per heavy atom. The summed E-state index contributed by atoms with van der Waals surface area (Å²) in [5.41, 5.74) is -0.706. The minimum absolute atomic E-state index is 0.0277. The second-order valence-corrected chi connectivity index (χ2v) is 6.26. The van der Waals surface area contributed by atoms with Crippen molar-refractivity contribution in [3.63, 3.8) is 0 Å². The molecule has 4 nitrogen and oxygen atoms in total. The molecule has 2 aromatic carbocycles. The maximum Gasteiger partial charge on any atom is 0.416 e. The molecule has 0 aromatic heterocycles. The lowest BCUT2D eigenvalue weighted by Gasteiger charge is -2.12. The molecule has 0 atom stereocenters. The van der Waals surface area contributed by atoms with Gasteiger partial charge in [-0.15, -0.1) is 0 Å². The Kier molecular flexibility index (Phi) is 5.92. The van der Waals surface area contributed by atoms with Gasteiger partial charge in [-0.05, 0) is 50.2 Å². The van der Waals surface area contributed by atoms with Crippen molar-refractivity contribution in [2.45, 2.75) is 26.1 Å². The number of rotatable bonds is 4. The van der Waals surface area contributed by atoms with Gasteiger partial charge in [0.2, 0.25) is 0 Å². The number of nitrogens with one attached hydrogen (secondary N) is 2. The van der Waals surface area contributed by atoms with E-state index in [1.54, 1.807) is 13.8 Å². The van der Waals surface area contributed by atoms with E-state index in [0.29, 0.717) is 0 Å². The van der Waals surface area contributed by atoms with E-state index in [0.717, 1.165) is 18.2 Å². The average molecular weight is 385 g/mol. The van der Waals surface area contributed by atoms with Gasteiger partial charge < -0.3 is 10.6 Å². The zero-order valence-electron chi connectivity index (χ0n) is 13.9. The summed E-state index contributed by atoms with van der Waals surface area (Å²) in [6.45, 7) is 3.59. The van der Waals surface area contributed by atoms with Crippen LogP contribution in [0.3, 0.4) is 0 Å². The van der Waals surface area contributed by atoms with Crippen LogP contribution in [0.1, 0.15) is 40.1 Å². The van der Waals surface area contributed by atoms with Crippen LogP contribution in [0.25, 0.3) is 0 Å². The zero-order valence-corrected chi connectivity index (χ0v) is 14.7. The first-order chi connectivity index (χ1) is 12.1. The highest BCUT2D eigenvalue weighted by molar-refractivity contribution is 6.34. The summed E-state index contributed by atoms with van der Waals surface area (Å²) >= 11 is 5.87. The first-order valence-electron chi connectivity index (χ1n) is 7.67. The van der Waals surface area contributed by atoms with Crippen LogP contribution in [0.2, 0.25) is 5.02 Å².